The SMILES string of the molecule is CCOCCCCc1ccc(-c2ncc[nH]2)cc1NC(=O)C#Cc1ccccc1. The molecule has 0 atom stereocenters. The number of benzene rings is 2. The Morgan fingerprint density at radius 3 is 2.79 bits per heavy atom. The number of amides is 1. The highest BCUT2D eigenvalue weighted by atomic mass is 16.5. The second-order valence-corrected chi connectivity index (χ2v) is 6.53. The van der Waals surface area contributed by atoms with Gasteiger partial charge in [0.15, 0.2) is 0 Å². The maximum Gasteiger partial charge on any atom is 0.300 e. The average Bonchev–Trinajstić information content (AvgIpc) is 3.29. The van der Waals surface area contributed by atoms with E-state index in [4.69, 9.17) is 4.74 Å². The van der Waals surface area contributed by atoms with E-state index in [1.807, 2.05) is 55.5 Å². The van der Waals surface area contributed by atoms with Gasteiger partial charge in [0.2, 0.25) is 0 Å². The normalized spacial score (nSPS) is 10.2. The fraction of sp³-hybridized carbons (Fsp3) is 0.250. The van der Waals surface area contributed by atoms with Gasteiger partial charge >= 0.3 is 5.91 Å². The number of imidazole rings is 1. The summed E-state index contributed by atoms with van der Waals surface area (Å²) in [5.41, 5.74) is 3.57. The zero-order valence-electron chi connectivity index (χ0n) is 16.6. The molecule has 2 aromatic carbocycles. The Morgan fingerprint density at radius 1 is 1.17 bits per heavy atom. The predicted octanol–water partition coefficient (Wildman–Crippen LogP) is 4.43. The smallest absolute Gasteiger partial charge is 0.300 e. The average molecular weight is 387 g/mol. The van der Waals surface area contributed by atoms with Gasteiger partial charge in [-0.1, -0.05) is 36.3 Å². The summed E-state index contributed by atoms with van der Waals surface area (Å²) < 4.78 is 5.41. The van der Waals surface area contributed by atoms with Crippen LogP contribution in [0.15, 0.2) is 60.9 Å². The third-order valence-corrected chi connectivity index (χ3v) is 4.41. The number of rotatable bonds is 8. The first-order valence-electron chi connectivity index (χ1n) is 9.84. The van der Waals surface area contributed by atoms with Crippen molar-refractivity contribution in [3.63, 3.8) is 0 Å². The van der Waals surface area contributed by atoms with Crippen LogP contribution in [0.1, 0.15) is 30.9 Å². The molecule has 0 aliphatic carbocycles. The molecule has 148 valence electrons. The van der Waals surface area contributed by atoms with Crippen LogP contribution in [-0.4, -0.2) is 29.1 Å². The van der Waals surface area contributed by atoms with Crippen molar-refractivity contribution in [2.24, 2.45) is 0 Å². The van der Waals surface area contributed by atoms with E-state index < -0.39 is 0 Å². The molecule has 29 heavy (non-hydrogen) atoms. The Kier molecular flexibility index (Phi) is 7.62. The number of aryl methyl sites for hydroxylation is 1. The van der Waals surface area contributed by atoms with Crippen molar-refractivity contribution < 1.29 is 9.53 Å². The number of carbonyl (C=O) groups is 1. The molecule has 0 aliphatic rings. The molecule has 0 fully saturated rings. The fourth-order valence-corrected chi connectivity index (χ4v) is 2.95. The molecule has 3 aromatic rings. The van der Waals surface area contributed by atoms with E-state index >= 15 is 0 Å². The van der Waals surface area contributed by atoms with Gasteiger partial charge < -0.3 is 15.0 Å². The monoisotopic (exact) mass is 387 g/mol. The highest BCUT2D eigenvalue weighted by Gasteiger charge is 2.09. The predicted molar refractivity (Wildman–Crippen MR) is 115 cm³/mol. The van der Waals surface area contributed by atoms with Gasteiger partial charge in [0, 0.05) is 48.3 Å². The molecule has 5 nitrogen and oxygen atoms in total. The molecule has 2 N–H and O–H groups in total. The highest BCUT2D eigenvalue weighted by molar-refractivity contribution is 6.05. The number of aromatic amines is 1. The van der Waals surface area contributed by atoms with Gasteiger partial charge in [-0.05, 0) is 49.9 Å². The maximum atomic E-state index is 12.4. The van der Waals surface area contributed by atoms with Gasteiger partial charge in [-0.15, -0.1) is 0 Å². The van der Waals surface area contributed by atoms with Crippen molar-refractivity contribution in [2.75, 3.05) is 18.5 Å². The summed E-state index contributed by atoms with van der Waals surface area (Å²) in [5.74, 6) is 6.00. The van der Waals surface area contributed by atoms with Crippen molar-refractivity contribution in [1.82, 2.24) is 9.97 Å². The Morgan fingerprint density at radius 2 is 2.03 bits per heavy atom. The number of anilines is 1. The van der Waals surface area contributed by atoms with E-state index in [-0.39, 0.29) is 5.91 Å². The van der Waals surface area contributed by atoms with Crippen LogP contribution in [0.3, 0.4) is 0 Å². The van der Waals surface area contributed by atoms with Crippen LogP contribution in [0.5, 0.6) is 0 Å². The maximum absolute atomic E-state index is 12.4. The largest absolute Gasteiger partial charge is 0.382 e. The van der Waals surface area contributed by atoms with Crippen molar-refractivity contribution in [3.8, 4) is 23.2 Å². The van der Waals surface area contributed by atoms with E-state index in [9.17, 15) is 4.79 Å². The minimum atomic E-state index is -0.332. The third-order valence-electron chi connectivity index (χ3n) is 4.41. The molecule has 0 saturated carbocycles. The number of ether oxygens (including phenoxy) is 1. The van der Waals surface area contributed by atoms with Gasteiger partial charge in [0.1, 0.15) is 5.82 Å². The Bertz CT molecular complexity index is 970. The van der Waals surface area contributed by atoms with Gasteiger partial charge in [0.05, 0.1) is 0 Å². The zero-order valence-corrected chi connectivity index (χ0v) is 16.6. The van der Waals surface area contributed by atoms with Gasteiger partial charge in [0.25, 0.3) is 0 Å². The Balaban J connectivity index is 1.74. The summed E-state index contributed by atoms with van der Waals surface area (Å²) >= 11 is 0. The van der Waals surface area contributed by atoms with Crippen molar-refractivity contribution in [1.29, 1.82) is 0 Å². The summed E-state index contributed by atoms with van der Waals surface area (Å²) in [6.45, 7) is 3.49. The number of hydrogen-bond acceptors (Lipinski definition) is 3. The molecule has 0 unspecified atom stereocenters. The molecular weight excluding hydrogens is 362 g/mol. The molecule has 0 saturated heterocycles. The lowest BCUT2D eigenvalue weighted by atomic mass is 10.0. The van der Waals surface area contributed by atoms with E-state index in [2.05, 4.69) is 27.1 Å². The molecule has 1 heterocycles. The lowest BCUT2D eigenvalue weighted by Gasteiger charge is -2.11. The van der Waals surface area contributed by atoms with Crippen LogP contribution < -0.4 is 5.32 Å². The molecule has 1 amide bonds. The van der Waals surface area contributed by atoms with E-state index in [0.29, 0.717) is 0 Å². The number of hydrogen-bond donors (Lipinski definition) is 2. The molecular formula is C24H25N3O2. The van der Waals surface area contributed by atoms with Crippen LogP contribution in [0.25, 0.3) is 11.4 Å². The Hall–Kier alpha value is -3.36. The molecule has 0 spiro atoms. The van der Waals surface area contributed by atoms with E-state index in [1.165, 1.54) is 0 Å². The number of carbonyl (C=O) groups excluding carboxylic acids is 1. The quantitative estimate of drug-likeness (QED) is 0.444. The zero-order chi connectivity index (χ0) is 20.3. The minimum absolute atomic E-state index is 0.332. The van der Waals surface area contributed by atoms with Crippen LogP contribution in [0, 0.1) is 11.8 Å². The van der Waals surface area contributed by atoms with Crippen LogP contribution in [0.4, 0.5) is 5.69 Å². The summed E-state index contributed by atoms with van der Waals surface area (Å²) in [5, 5.41) is 2.95. The lowest BCUT2D eigenvalue weighted by molar-refractivity contribution is -0.111. The van der Waals surface area contributed by atoms with Crippen molar-refractivity contribution in [2.45, 2.75) is 26.2 Å². The molecule has 0 radical (unpaired) electrons. The number of nitrogens with zero attached hydrogens (tertiary/aromatic N) is 1. The van der Waals surface area contributed by atoms with Gasteiger partial charge in [-0.2, -0.15) is 0 Å². The summed E-state index contributed by atoms with van der Waals surface area (Å²) in [4.78, 5) is 19.8. The van der Waals surface area contributed by atoms with E-state index in [0.717, 1.165) is 60.7 Å². The molecule has 5 heteroatoms. The number of H-pyrrole nitrogens is 1. The Labute approximate surface area is 171 Å². The first-order chi connectivity index (χ1) is 14.3. The molecule has 0 bridgehead atoms. The summed E-state index contributed by atoms with van der Waals surface area (Å²) in [6.07, 6.45) is 6.31. The first kappa shape index (κ1) is 20.4. The molecule has 1 aromatic heterocycles. The first-order valence-corrected chi connectivity index (χ1v) is 9.84. The van der Waals surface area contributed by atoms with Crippen molar-refractivity contribution in [3.05, 3.63) is 72.1 Å². The summed E-state index contributed by atoms with van der Waals surface area (Å²) in [7, 11) is 0. The van der Waals surface area contributed by atoms with Crippen LogP contribution in [-0.2, 0) is 16.0 Å². The molecule has 3 rings (SSSR count). The second-order valence-electron chi connectivity index (χ2n) is 6.53. The van der Waals surface area contributed by atoms with Gasteiger partial charge in [-0.3, -0.25) is 4.79 Å². The van der Waals surface area contributed by atoms with E-state index in [1.54, 1.807) is 12.4 Å². The minimum Gasteiger partial charge on any atom is -0.382 e. The summed E-state index contributed by atoms with van der Waals surface area (Å²) in [6, 6.07) is 15.5. The molecule has 0 aliphatic heterocycles. The third kappa shape index (κ3) is 6.34. The second kappa shape index (κ2) is 10.8. The van der Waals surface area contributed by atoms with Gasteiger partial charge in [-0.25, -0.2) is 4.98 Å². The topological polar surface area (TPSA) is 67.0 Å². The van der Waals surface area contributed by atoms with Crippen LogP contribution >= 0.6 is 0 Å². The number of unbranched alkanes of at least 4 members (excludes halogenated alkanes) is 1. The van der Waals surface area contributed by atoms with Crippen LogP contribution in [0.2, 0.25) is 0 Å². The van der Waals surface area contributed by atoms with Crippen molar-refractivity contribution >= 4 is 11.6 Å². The fourth-order valence-electron chi connectivity index (χ4n) is 2.95. The standard InChI is InChI=1S/C24H25N3O2/c1-2-29-17-7-6-10-20-12-13-21(24-25-15-16-26-24)18-22(20)27-23(28)14-11-19-8-4-3-5-9-19/h3-5,8-9,12-13,15-16,18H,2,6-7,10,17H2,1H3,(H,25,26)(H,27,28). The lowest BCUT2D eigenvalue weighted by Crippen LogP contribution is -2.11. The number of aromatic nitrogens is 2. The number of nitrogens with one attached hydrogen (secondary N) is 2. The highest BCUT2D eigenvalue weighted by Crippen LogP contribution is 2.25.